The van der Waals surface area contributed by atoms with Crippen molar-refractivity contribution in [1.82, 2.24) is 10.2 Å². The van der Waals surface area contributed by atoms with Crippen LogP contribution in [0.25, 0.3) is 0 Å². The molecule has 0 atom stereocenters. The van der Waals surface area contributed by atoms with Crippen molar-refractivity contribution in [1.29, 1.82) is 0 Å². The van der Waals surface area contributed by atoms with Crippen LogP contribution in [0.3, 0.4) is 0 Å². The highest BCUT2D eigenvalue weighted by Gasteiger charge is 2.17. The number of hydrogen-bond acceptors (Lipinski definition) is 4. The molecule has 0 aliphatic carbocycles. The van der Waals surface area contributed by atoms with Crippen LogP contribution in [-0.2, 0) is 14.3 Å². The molecular weight excluding hydrogens is 240 g/mol. The van der Waals surface area contributed by atoms with Crippen LogP contribution in [0.2, 0.25) is 0 Å². The van der Waals surface area contributed by atoms with Gasteiger partial charge in [-0.05, 0) is 12.8 Å². The van der Waals surface area contributed by atoms with Gasteiger partial charge in [0.25, 0.3) is 0 Å². The molecule has 0 aromatic carbocycles. The molecule has 1 saturated heterocycles. The third-order valence-corrected chi connectivity index (χ3v) is 2.55. The van der Waals surface area contributed by atoms with Crippen molar-refractivity contribution in [3.63, 3.8) is 0 Å². The predicted octanol–water partition coefficient (Wildman–Crippen LogP) is 0.200. The van der Waals surface area contributed by atoms with Gasteiger partial charge in [0.2, 0.25) is 5.91 Å². The second-order valence-corrected chi connectivity index (χ2v) is 4.05. The Morgan fingerprint density at radius 1 is 1.17 bits per heavy atom. The molecule has 3 amide bonds. The molecule has 0 unspecified atom stereocenters. The second kappa shape index (κ2) is 7.65. The lowest BCUT2D eigenvalue weighted by Crippen LogP contribution is -2.43. The van der Waals surface area contributed by atoms with E-state index >= 15 is 0 Å². The molecule has 1 heterocycles. The Kier molecular flexibility index (Phi) is 6.13. The van der Waals surface area contributed by atoms with E-state index in [2.05, 4.69) is 5.32 Å². The Morgan fingerprint density at radius 3 is 2.67 bits per heavy atom. The molecule has 1 aliphatic rings. The minimum atomic E-state index is -0.946. The fraction of sp³-hybridized carbons (Fsp3) is 0.727. The maximum atomic E-state index is 11.7. The minimum Gasteiger partial charge on any atom is -0.481 e. The topological polar surface area (TPSA) is 95.9 Å². The largest absolute Gasteiger partial charge is 0.481 e. The van der Waals surface area contributed by atoms with Crippen molar-refractivity contribution in [2.45, 2.75) is 25.7 Å². The summed E-state index contributed by atoms with van der Waals surface area (Å²) < 4.78 is 5.20. The normalized spacial score (nSPS) is 15.9. The molecule has 0 radical (unpaired) electrons. The lowest BCUT2D eigenvalue weighted by Gasteiger charge is -2.19. The molecular formula is C11H18N2O5. The number of hydrogen-bond donors (Lipinski definition) is 2. The molecule has 0 saturated carbocycles. The van der Waals surface area contributed by atoms with Crippen LogP contribution in [0.5, 0.6) is 0 Å². The third-order valence-electron chi connectivity index (χ3n) is 2.55. The van der Waals surface area contributed by atoms with Gasteiger partial charge in [-0.2, -0.15) is 0 Å². The molecule has 1 fully saturated rings. The molecule has 7 nitrogen and oxygen atoms in total. The summed E-state index contributed by atoms with van der Waals surface area (Å²) in [5.74, 6) is -1.38. The van der Waals surface area contributed by atoms with Crippen LogP contribution in [0, 0.1) is 0 Å². The van der Waals surface area contributed by atoms with Crippen LogP contribution >= 0.6 is 0 Å². The van der Waals surface area contributed by atoms with E-state index in [0.29, 0.717) is 26.3 Å². The minimum absolute atomic E-state index is 0.0440. The number of imide groups is 1. The van der Waals surface area contributed by atoms with E-state index in [1.54, 1.807) is 0 Å². The first-order valence-corrected chi connectivity index (χ1v) is 5.98. The van der Waals surface area contributed by atoms with E-state index < -0.39 is 17.9 Å². The summed E-state index contributed by atoms with van der Waals surface area (Å²) in [6, 6.07) is -0.430. The zero-order valence-electron chi connectivity index (χ0n) is 10.2. The maximum absolute atomic E-state index is 11.7. The first-order valence-electron chi connectivity index (χ1n) is 5.98. The lowest BCUT2D eigenvalue weighted by molar-refractivity contribution is -0.137. The summed E-state index contributed by atoms with van der Waals surface area (Å²) >= 11 is 0. The van der Waals surface area contributed by atoms with Gasteiger partial charge in [-0.3, -0.25) is 14.9 Å². The van der Waals surface area contributed by atoms with E-state index in [0.717, 1.165) is 6.42 Å². The third kappa shape index (κ3) is 5.62. The van der Waals surface area contributed by atoms with E-state index in [4.69, 9.17) is 9.84 Å². The highest BCUT2D eigenvalue weighted by Crippen LogP contribution is 2.00. The number of ether oxygens (including phenoxy) is 1. The fourth-order valence-corrected chi connectivity index (χ4v) is 1.61. The monoisotopic (exact) mass is 258 g/mol. The average molecular weight is 258 g/mol. The van der Waals surface area contributed by atoms with Crippen LogP contribution in [0.15, 0.2) is 0 Å². The summed E-state index contributed by atoms with van der Waals surface area (Å²) in [4.78, 5) is 34.9. The maximum Gasteiger partial charge on any atom is 0.324 e. The van der Waals surface area contributed by atoms with Gasteiger partial charge in [-0.1, -0.05) is 0 Å². The zero-order chi connectivity index (χ0) is 13.4. The number of carbonyl (C=O) groups is 3. The SMILES string of the molecule is O=C(O)CCCC(=O)NC(=O)N1CCCOCC1. The Hall–Kier alpha value is -1.63. The van der Waals surface area contributed by atoms with Crippen molar-refractivity contribution >= 4 is 17.9 Å². The summed E-state index contributed by atoms with van der Waals surface area (Å²) in [7, 11) is 0. The number of aliphatic carboxylic acids is 1. The van der Waals surface area contributed by atoms with Crippen LogP contribution in [0.1, 0.15) is 25.7 Å². The van der Waals surface area contributed by atoms with Gasteiger partial charge in [-0.15, -0.1) is 0 Å². The van der Waals surface area contributed by atoms with Gasteiger partial charge >= 0.3 is 12.0 Å². The smallest absolute Gasteiger partial charge is 0.324 e. The van der Waals surface area contributed by atoms with Crippen LogP contribution < -0.4 is 5.32 Å². The Morgan fingerprint density at radius 2 is 1.94 bits per heavy atom. The number of urea groups is 1. The Balaban J connectivity index is 2.25. The van der Waals surface area contributed by atoms with Crippen LogP contribution in [0.4, 0.5) is 4.79 Å². The van der Waals surface area contributed by atoms with Crippen molar-refractivity contribution in [2.24, 2.45) is 0 Å². The summed E-state index contributed by atoms with van der Waals surface area (Å²) in [6.07, 6.45) is 0.958. The van der Waals surface area contributed by atoms with Crippen molar-refractivity contribution in [3.8, 4) is 0 Å². The van der Waals surface area contributed by atoms with E-state index in [9.17, 15) is 14.4 Å². The number of rotatable bonds is 4. The molecule has 0 spiro atoms. The highest BCUT2D eigenvalue weighted by atomic mass is 16.5. The molecule has 1 rings (SSSR count). The van der Waals surface area contributed by atoms with Gasteiger partial charge in [0.1, 0.15) is 0 Å². The number of amides is 3. The van der Waals surface area contributed by atoms with Gasteiger partial charge in [0.05, 0.1) is 6.61 Å². The molecule has 2 N–H and O–H groups in total. The van der Waals surface area contributed by atoms with E-state index in [1.807, 2.05) is 0 Å². The lowest BCUT2D eigenvalue weighted by atomic mass is 10.2. The highest BCUT2D eigenvalue weighted by molar-refractivity contribution is 5.94. The Labute approximate surface area is 105 Å². The number of carboxylic acids is 1. The quantitative estimate of drug-likeness (QED) is 0.751. The number of carbonyl (C=O) groups excluding carboxylic acids is 2. The van der Waals surface area contributed by atoms with E-state index in [-0.39, 0.29) is 19.3 Å². The molecule has 0 aromatic heterocycles. The van der Waals surface area contributed by atoms with E-state index in [1.165, 1.54) is 4.90 Å². The standard InChI is InChI=1S/C11H18N2O5/c14-9(3-1-4-10(15)16)12-11(17)13-5-2-7-18-8-6-13/h1-8H2,(H,15,16)(H,12,14,17). The number of nitrogens with one attached hydrogen (secondary N) is 1. The Bertz CT molecular complexity index is 311. The average Bonchev–Trinajstić information content (AvgIpc) is 2.56. The molecule has 102 valence electrons. The van der Waals surface area contributed by atoms with Gasteiger partial charge in [0.15, 0.2) is 0 Å². The molecule has 0 aromatic rings. The molecule has 1 aliphatic heterocycles. The predicted molar refractivity (Wildman–Crippen MR) is 62.0 cm³/mol. The zero-order valence-corrected chi connectivity index (χ0v) is 10.2. The fourth-order valence-electron chi connectivity index (χ4n) is 1.61. The first-order chi connectivity index (χ1) is 8.59. The van der Waals surface area contributed by atoms with Crippen molar-refractivity contribution < 1.29 is 24.2 Å². The van der Waals surface area contributed by atoms with Gasteiger partial charge in [0, 0.05) is 32.5 Å². The number of carboxylic acid groups (broad SMARTS) is 1. The summed E-state index contributed by atoms with van der Waals surface area (Å²) in [5.41, 5.74) is 0. The second-order valence-electron chi connectivity index (χ2n) is 4.05. The summed E-state index contributed by atoms with van der Waals surface area (Å²) in [6.45, 7) is 2.12. The van der Waals surface area contributed by atoms with Gasteiger partial charge < -0.3 is 14.7 Å². The summed E-state index contributed by atoms with van der Waals surface area (Å²) in [5, 5.41) is 10.7. The van der Waals surface area contributed by atoms with Crippen molar-refractivity contribution in [2.75, 3.05) is 26.3 Å². The van der Waals surface area contributed by atoms with Gasteiger partial charge in [-0.25, -0.2) is 4.79 Å². The first kappa shape index (κ1) is 14.4. The number of nitrogens with zero attached hydrogens (tertiary/aromatic N) is 1. The van der Waals surface area contributed by atoms with Crippen LogP contribution in [-0.4, -0.2) is 54.2 Å². The molecule has 0 bridgehead atoms. The molecule has 18 heavy (non-hydrogen) atoms. The molecule has 7 heteroatoms. The van der Waals surface area contributed by atoms with Crippen molar-refractivity contribution in [3.05, 3.63) is 0 Å².